The zero-order valence-corrected chi connectivity index (χ0v) is 14.7. The lowest BCUT2D eigenvalue weighted by Gasteiger charge is -2.37. The average molecular weight is 375 g/mol. The van der Waals surface area contributed by atoms with Crippen LogP contribution in [0.5, 0.6) is 0 Å². The lowest BCUT2D eigenvalue weighted by atomic mass is 10.0. The summed E-state index contributed by atoms with van der Waals surface area (Å²) in [4.78, 5) is 28.7. The highest BCUT2D eigenvalue weighted by Crippen LogP contribution is 2.28. The first-order valence-corrected chi connectivity index (χ1v) is 9.67. The molecule has 2 aliphatic heterocycles. The SMILES string of the molecule is O=C1CCC(=O)N1c1ccc(S(=O)(=O)N2CC(Cn3cncn3)C2)cc1. The Kier molecular flexibility index (Phi) is 4.08. The van der Waals surface area contributed by atoms with Crippen LogP contribution in [0.4, 0.5) is 5.69 Å². The highest BCUT2D eigenvalue weighted by Gasteiger charge is 2.37. The van der Waals surface area contributed by atoms with Gasteiger partial charge in [-0.15, -0.1) is 0 Å². The number of anilines is 1. The molecule has 0 N–H and O–H groups in total. The van der Waals surface area contributed by atoms with Crippen molar-refractivity contribution in [2.45, 2.75) is 24.3 Å². The molecule has 2 aromatic rings. The molecule has 2 amide bonds. The molecule has 0 bridgehead atoms. The molecule has 4 rings (SSSR count). The molecule has 0 aliphatic carbocycles. The topological polar surface area (TPSA) is 105 Å². The van der Waals surface area contributed by atoms with Crippen LogP contribution in [0.25, 0.3) is 0 Å². The maximum absolute atomic E-state index is 12.7. The number of amides is 2. The number of hydrogen-bond acceptors (Lipinski definition) is 6. The van der Waals surface area contributed by atoms with Gasteiger partial charge < -0.3 is 0 Å². The predicted molar refractivity (Wildman–Crippen MR) is 90.4 cm³/mol. The Bertz CT molecular complexity index is 918. The summed E-state index contributed by atoms with van der Waals surface area (Å²) in [6.07, 6.45) is 3.45. The lowest BCUT2D eigenvalue weighted by Crippen LogP contribution is -2.51. The zero-order chi connectivity index (χ0) is 18.3. The van der Waals surface area contributed by atoms with Crippen molar-refractivity contribution in [1.29, 1.82) is 0 Å². The minimum absolute atomic E-state index is 0.152. The molecule has 0 unspecified atom stereocenters. The summed E-state index contributed by atoms with van der Waals surface area (Å²) in [5, 5.41) is 4.02. The first-order valence-electron chi connectivity index (χ1n) is 8.23. The minimum atomic E-state index is -3.58. The van der Waals surface area contributed by atoms with E-state index in [1.54, 1.807) is 11.0 Å². The smallest absolute Gasteiger partial charge is 0.243 e. The van der Waals surface area contributed by atoms with E-state index in [9.17, 15) is 18.0 Å². The minimum Gasteiger partial charge on any atom is -0.274 e. The molecule has 0 atom stereocenters. The third kappa shape index (κ3) is 2.90. The Labute approximate surface area is 150 Å². The van der Waals surface area contributed by atoms with Crippen molar-refractivity contribution in [3.05, 3.63) is 36.9 Å². The fourth-order valence-electron chi connectivity index (χ4n) is 3.21. The summed E-state index contributed by atoms with van der Waals surface area (Å²) in [6.45, 7) is 1.48. The molecule has 3 heterocycles. The fraction of sp³-hybridized carbons (Fsp3) is 0.375. The first kappa shape index (κ1) is 16.9. The van der Waals surface area contributed by atoms with Crippen LogP contribution in [0.2, 0.25) is 0 Å². The number of imide groups is 1. The van der Waals surface area contributed by atoms with E-state index in [0.29, 0.717) is 25.3 Å². The Hall–Kier alpha value is -2.59. The number of carbonyl (C=O) groups excluding carboxylic acids is 2. The van der Waals surface area contributed by atoms with Gasteiger partial charge in [-0.25, -0.2) is 13.4 Å². The second kappa shape index (κ2) is 6.29. The van der Waals surface area contributed by atoms with Crippen LogP contribution in [0.15, 0.2) is 41.8 Å². The van der Waals surface area contributed by atoms with E-state index in [-0.39, 0.29) is 35.5 Å². The molecule has 9 nitrogen and oxygen atoms in total. The number of carbonyl (C=O) groups is 2. The van der Waals surface area contributed by atoms with Gasteiger partial charge in [0.15, 0.2) is 0 Å². The van der Waals surface area contributed by atoms with Crippen molar-refractivity contribution < 1.29 is 18.0 Å². The Balaban J connectivity index is 1.44. The summed E-state index contributed by atoms with van der Waals surface area (Å²) in [5.74, 6) is -0.320. The molecule has 1 aromatic heterocycles. The van der Waals surface area contributed by atoms with Gasteiger partial charge in [0.25, 0.3) is 0 Å². The van der Waals surface area contributed by atoms with Crippen LogP contribution in [0.3, 0.4) is 0 Å². The number of benzene rings is 1. The largest absolute Gasteiger partial charge is 0.274 e. The van der Waals surface area contributed by atoms with E-state index < -0.39 is 10.0 Å². The molecular weight excluding hydrogens is 358 g/mol. The standard InChI is InChI=1S/C16H17N5O4S/c22-15-5-6-16(23)21(15)13-1-3-14(4-2-13)26(24,25)20-8-12(9-20)7-19-11-17-10-18-19/h1-4,10-12H,5-9H2. The molecule has 0 radical (unpaired) electrons. The zero-order valence-electron chi connectivity index (χ0n) is 13.9. The summed E-state index contributed by atoms with van der Waals surface area (Å²) < 4.78 is 28.4. The fourth-order valence-corrected chi connectivity index (χ4v) is 4.80. The van der Waals surface area contributed by atoms with E-state index in [1.807, 2.05) is 0 Å². The van der Waals surface area contributed by atoms with Crippen molar-refractivity contribution >= 4 is 27.5 Å². The molecule has 2 fully saturated rings. The number of sulfonamides is 1. The lowest BCUT2D eigenvalue weighted by molar-refractivity contribution is -0.121. The van der Waals surface area contributed by atoms with Crippen molar-refractivity contribution in [3.63, 3.8) is 0 Å². The third-order valence-corrected chi connectivity index (χ3v) is 6.47. The molecule has 1 aromatic carbocycles. The molecular formula is C16H17N5O4S. The van der Waals surface area contributed by atoms with Crippen molar-refractivity contribution in [1.82, 2.24) is 19.1 Å². The number of hydrogen-bond donors (Lipinski definition) is 0. The van der Waals surface area contributed by atoms with Crippen LogP contribution in [0.1, 0.15) is 12.8 Å². The Morgan fingerprint density at radius 1 is 1.04 bits per heavy atom. The maximum atomic E-state index is 12.7. The van der Waals surface area contributed by atoms with Crippen LogP contribution in [-0.4, -0.2) is 52.4 Å². The predicted octanol–water partition coefficient (Wildman–Crippen LogP) is 0.252. The molecule has 26 heavy (non-hydrogen) atoms. The highest BCUT2D eigenvalue weighted by molar-refractivity contribution is 7.89. The molecule has 0 saturated carbocycles. The van der Waals surface area contributed by atoms with Gasteiger partial charge in [-0.05, 0) is 24.3 Å². The highest BCUT2D eigenvalue weighted by atomic mass is 32.2. The van der Waals surface area contributed by atoms with Gasteiger partial charge in [-0.2, -0.15) is 9.40 Å². The van der Waals surface area contributed by atoms with E-state index in [2.05, 4.69) is 10.1 Å². The van der Waals surface area contributed by atoms with Crippen LogP contribution >= 0.6 is 0 Å². The van der Waals surface area contributed by atoms with Gasteiger partial charge in [-0.3, -0.25) is 19.2 Å². The maximum Gasteiger partial charge on any atom is 0.243 e. The van der Waals surface area contributed by atoms with Gasteiger partial charge in [0.2, 0.25) is 21.8 Å². The van der Waals surface area contributed by atoms with Crippen molar-refractivity contribution in [2.75, 3.05) is 18.0 Å². The third-order valence-electron chi connectivity index (χ3n) is 4.62. The first-order chi connectivity index (χ1) is 12.4. The van der Waals surface area contributed by atoms with Gasteiger partial charge in [-0.1, -0.05) is 0 Å². The normalized spacial score (nSPS) is 19.2. The average Bonchev–Trinajstić information content (AvgIpc) is 3.20. The molecule has 2 aliphatic rings. The summed E-state index contributed by atoms with van der Waals surface area (Å²) >= 11 is 0. The Morgan fingerprint density at radius 3 is 2.27 bits per heavy atom. The molecule has 2 saturated heterocycles. The van der Waals surface area contributed by atoms with Gasteiger partial charge >= 0.3 is 0 Å². The van der Waals surface area contributed by atoms with Crippen molar-refractivity contribution in [3.8, 4) is 0 Å². The Morgan fingerprint density at radius 2 is 1.69 bits per heavy atom. The van der Waals surface area contributed by atoms with Gasteiger partial charge in [0.1, 0.15) is 12.7 Å². The molecule has 10 heteroatoms. The molecule has 0 spiro atoms. The number of nitrogens with zero attached hydrogens (tertiary/aromatic N) is 5. The van der Waals surface area contributed by atoms with E-state index >= 15 is 0 Å². The molecule has 136 valence electrons. The van der Waals surface area contributed by atoms with Crippen LogP contribution < -0.4 is 4.90 Å². The van der Waals surface area contributed by atoms with E-state index in [0.717, 1.165) is 4.90 Å². The number of rotatable bonds is 5. The number of aromatic nitrogens is 3. The second-order valence-corrected chi connectivity index (χ2v) is 8.36. The monoisotopic (exact) mass is 375 g/mol. The van der Waals surface area contributed by atoms with E-state index in [4.69, 9.17) is 0 Å². The van der Waals surface area contributed by atoms with Gasteiger partial charge in [0.05, 0.1) is 10.6 Å². The van der Waals surface area contributed by atoms with E-state index in [1.165, 1.54) is 34.9 Å². The summed E-state index contributed by atoms with van der Waals surface area (Å²) in [6, 6.07) is 5.88. The van der Waals surface area contributed by atoms with Crippen molar-refractivity contribution in [2.24, 2.45) is 5.92 Å². The quantitative estimate of drug-likeness (QED) is 0.694. The van der Waals surface area contributed by atoms with Gasteiger partial charge in [0, 0.05) is 38.4 Å². The second-order valence-electron chi connectivity index (χ2n) is 6.42. The summed E-state index contributed by atoms with van der Waals surface area (Å²) in [5.41, 5.74) is 0.407. The van der Waals surface area contributed by atoms with Crippen LogP contribution in [0, 0.1) is 5.92 Å². The van der Waals surface area contributed by atoms with Crippen LogP contribution in [-0.2, 0) is 26.2 Å². The summed E-state index contributed by atoms with van der Waals surface area (Å²) in [7, 11) is -3.58.